The molecule has 4 saturated carbocycles. The van der Waals surface area contributed by atoms with E-state index in [1.54, 1.807) is 0 Å². The van der Waals surface area contributed by atoms with Crippen LogP contribution in [0.5, 0.6) is 0 Å². The summed E-state index contributed by atoms with van der Waals surface area (Å²) in [7, 11) is 0. The highest BCUT2D eigenvalue weighted by Gasteiger charge is 2.69. The summed E-state index contributed by atoms with van der Waals surface area (Å²) in [4.78, 5) is 12.8. The van der Waals surface area contributed by atoms with Crippen molar-refractivity contribution in [1.29, 1.82) is 0 Å². The molecular weight excluding hydrogens is 420 g/mol. The van der Waals surface area contributed by atoms with E-state index in [-0.39, 0.29) is 29.3 Å². The van der Waals surface area contributed by atoms with E-state index < -0.39 is 5.79 Å². The molecule has 5 rings (SSSR count). The number of carbonyl (C=O) groups is 1. The van der Waals surface area contributed by atoms with Gasteiger partial charge in [0, 0.05) is 12.3 Å². The molecule has 0 aromatic rings. The largest absolute Gasteiger partial charge is 0.344 e. The van der Waals surface area contributed by atoms with Crippen LogP contribution < -0.4 is 0 Å². The van der Waals surface area contributed by atoms with Crippen molar-refractivity contribution in [2.24, 2.45) is 52.3 Å². The van der Waals surface area contributed by atoms with Crippen LogP contribution in [0, 0.1) is 52.3 Å². The summed E-state index contributed by atoms with van der Waals surface area (Å²) in [5, 5.41) is 0. The molecule has 0 aromatic carbocycles. The van der Waals surface area contributed by atoms with Crippen LogP contribution in [-0.4, -0.2) is 23.8 Å². The fourth-order valence-corrected chi connectivity index (χ4v) is 10.0. The molecule has 5 aliphatic rings. The molecule has 3 nitrogen and oxygen atoms in total. The zero-order valence-corrected chi connectivity index (χ0v) is 23.0. The zero-order chi connectivity index (χ0) is 24.6. The van der Waals surface area contributed by atoms with E-state index in [0.29, 0.717) is 29.6 Å². The van der Waals surface area contributed by atoms with E-state index in [1.807, 2.05) is 0 Å². The molecule has 0 unspecified atom stereocenters. The topological polar surface area (TPSA) is 35.5 Å². The van der Waals surface area contributed by atoms with Gasteiger partial charge in [-0.15, -0.1) is 0 Å². The van der Waals surface area contributed by atoms with Gasteiger partial charge in [-0.2, -0.15) is 0 Å². The van der Waals surface area contributed by atoms with Gasteiger partial charge in [-0.05, 0) is 97.9 Å². The fourth-order valence-electron chi connectivity index (χ4n) is 10.0. The number of allylic oxidation sites excluding steroid dienone is 1. The van der Waals surface area contributed by atoms with E-state index in [9.17, 15) is 4.79 Å². The highest BCUT2D eigenvalue weighted by atomic mass is 16.8. The third-order valence-electron chi connectivity index (χ3n) is 11.6. The molecule has 192 valence electrons. The molecule has 10 atom stereocenters. The minimum atomic E-state index is -0.557. The van der Waals surface area contributed by atoms with Gasteiger partial charge in [0.05, 0.1) is 12.2 Å². The Morgan fingerprint density at radius 1 is 0.912 bits per heavy atom. The number of hydrogen-bond donors (Lipinski definition) is 0. The van der Waals surface area contributed by atoms with Gasteiger partial charge in [0.25, 0.3) is 0 Å². The second kappa shape index (κ2) is 8.44. The van der Waals surface area contributed by atoms with Gasteiger partial charge >= 0.3 is 0 Å². The van der Waals surface area contributed by atoms with Gasteiger partial charge in [-0.1, -0.05) is 60.5 Å². The van der Waals surface area contributed by atoms with Gasteiger partial charge in [0.15, 0.2) is 11.6 Å². The number of fused-ring (bicyclic) bond motifs is 8. The van der Waals surface area contributed by atoms with Crippen LogP contribution in [0.2, 0.25) is 0 Å². The first-order valence-corrected chi connectivity index (χ1v) is 14.4. The van der Waals surface area contributed by atoms with Crippen molar-refractivity contribution in [2.75, 3.05) is 0 Å². The standard InChI is InChI=1S/C31H50O3/c1-18(2)10-9-11-19(3)21-12-13-22-26-23(14-15-30(21,22)7)31(8)17-20(4)25(32)16-24(31)27-28(26)34-29(5,6)33-27/h18-19,21-24,26-28H,4,9-17H2,1-3,5-8H3/t19-,21-,22+,23+,24-,26+,27-,28-,30-,31-/m1/s1. The number of hydrogen-bond acceptors (Lipinski definition) is 3. The number of Topliss-reactive ketones (excluding diaryl/α,β-unsaturated/α-hetero) is 1. The van der Waals surface area contributed by atoms with E-state index in [1.165, 1.54) is 44.9 Å². The molecule has 0 bridgehead atoms. The van der Waals surface area contributed by atoms with Crippen molar-refractivity contribution < 1.29 is 14.3 Å². The Hall–Kier alpha value is -0.670. The first-order chi connectivity index (χ1) is 15.9. The smallest absolute Gasteiger partial charge is 0.163 e. The molecule has 1 heterocycles. The van der Waals surface area contributed by atoms with Crippen molar-refractivity contribution in [3.05, 3.63) is 12.2 Å². The van der Waals surface area contributed by atoms with Crippen molar-refractivity contribution in [1.82, 2.24) is 0 Å². The van der Waals surface area contributed by atoms with Crippen LogP contribution >= 0.6 is 0 Å². The Bertz CT molecular complexity index is 829. The van der Waals surface area contributed by atoms with E-state index in [4.69, 9.17) is 9.47 Å². The van der Waals surface area contributed by atoms with Crippen molar-refractivity contribution in [3.63, 3.8) is 0 Å². The number of ether oxygens (including phenoxy) is 2. The molecule has 1 saturated heterocycles. The summed E-state index contributed by atoms with van der Waals surface area (Å²) in [6.07, 6.45) is 11.0. The Morgan fingerprint density at radius 3 is 2.29 bits per heavy atom. The molecule has 1 aliphatic heterocycles. The highest BCUT2D eigenvalue weighted by molar-refractivity contribution is 5.96. The Labute approximate surface area is 208 Å². The Balaban J connectivity index is 1.45. The normalized spacial score (nSPS) is 48.3. The summed E-state index contributed by atoms with van der Waals surface area (Å²) < 4.78 is 13.4. The SMILES string of the molecule is C=C1C[C@@]2(C)[C@H](CC1=O)[C@H]1OC(C)(C)O[C@@H]1[C@@H]1[C@@H]2CC[C@]2(C)[C@@H]([C@H](C)CCCC(C)C)CC[C@@H]12. The molecule has 0 N–H and O–H groups in total. The van der Waals surface area contributed by atoms with Crippen LogP contribution in [0.3, 0.4) is 0 Å². The molecule has 4 aliphatic carbocycles. The van der Waals surface area contributed by atoms with E-state index in [0.717, 1.165) is 29.7 Å². The quantitative estimate of drug-likeness (QED) is 0.388. The predicted octanol–water partition coefficient (Wildman–Crippen LogP) is 7.58. The van der Waals surface area contributed by atoms with Gasteiger partial charge in [0.2, 0.25) is 0 Å². The lowest BCUT2D eigenvalue weighted by molar-refractivity contribution is -0.177. The lowest BCUT2D eigenvalue weighted by atomic mass is 9.43. The summed E-state index contributed by atoms with van der Waals surface area (Å²) in [6.45, 7) is 20.7. The van der Waals surface area contributed by atoms with Crippen LogP contribution in [0.1, 0.15) is 106 Å². The third-order valence-corrected chi connectivity index (χ3v) is 11.6. The monoisotopic (exact) mass is 470 g/mol. The van der Waals surface area contributed by atoms with Crippen molar-refractivity contribution >= 4 is 5.78 Å². The first kappa shape index (κ1) is 25.0. The third kappa shape index (κ3) is 3.78. The maximum Gasteiger partial charge on any atom is 0.163 e. The van der Waals surface area contributed by atoms with Crippen molar-refractivity contribution in [2.45, 2.75) is 124 Å². The molecule has 34 heavy (non-hydrogen) atoms. The maximum atomic E-state index is 12.8. The highest BCUT2D eigenvalue weighted by Crippen LogP contribution is 2.70. The molecular formula is C31H50O3. The van der Waals surface area contributed by atoms with E-state index >= 15 is 0 Å². The molecule has 0 aromatic heterocycles. The van der Waals surface area contributed by atoms with Crippen LogP contribution in [0.15, 0.2) is 12.2 Å². The number of rotatable bonds is 5. The summed E-state index contributed by atoms with van der Waals surface area (Å²) in [5.41, 5.74) is 1.36. The maximum absolute atomic E-state index is 12.8. The molecule has 0 amide bonds. The predicted molar refractivity (Wildman–Crippen MR) is 137 cm³/mol. The van der Waals surface area contributed by atoms with Crippen LogP contribution in [0.25, 0.3) is 0 Å². The summed E-state index contributed by atoms with van der Waals surface area (Å²) in [5.74, 6) is 4.25. The van der Waals surface area contributed by atoms with Crippen LogP contribution in [0.4, 0.5) is 0 Å². The minimum absolute atomic E-state index is 0.0446. The van der Waals surface area contributed by atoms with Gasteiger partial charge in [-0.3, -0.25) is 4.79 Å². The molecule has 0 spiro atoms. The molecule has 3 heteroatoms. The molecule has 5 fully saturated rings. The minimum Gasteiger partial charge on any atom is -0.344 e. The van der Waals surface area contributed by atoms with Gasteiger partial charge in [0.1, 0.15) is 0 Å². The van der Waals surface area contributed by atoms with E-state index in [2.05, 4.69) is 55.0 Å². The van der Waals surface area contributed by atoms with Crippen molar-refractivity contribution in [3.8, 4) is 0 Å². The summed E-state index contributed by atoms with van der Waals surface area (Å²) in [6, 6.07) is 0. The average Bonchev–Trinajstić information content (AvgIpc) is 3.25. The second-order valence-corrected chi connectivity index (χ2v) is 14.4. The molecule has 0 radical (unpaired) electrons. The average molecular weight is 471 g/mol. The first-order valence-electron chi connectivity index (χ1n) is 14.4. The lowest BCUT2D eigenvalue weighted by Gasteiger charge is -2.63. The number of carbonyl (C=O) groups excluding carboxylic acids is 1. The second-order valence-electron chi connectivity index (χ2n) is 14.4. The summed E-state index contributed by atoms with van der Waals surface area (Å²) >= 11 is 0. The Kier molecular flexibility index (Phi) is 6.20. The zero-order valence-electron chi connectivity index (χ0n) is 23.0. The number of ketones is 1. The van der Waals surface area contributed by atoms with Gasteiger partial charge < -0.3 is 9.47 Å². The van der Waals surface area contributed by atoms with Crippen LogP contribution in [-0.2, 0) is 14.3 Å². The fraction of sp³-hybridized carbons (Fsp3) is 0.903. The Morgan fingerprint density at radius 2 is 1.59 bits per heavy atom. The lowest BCUT2D eigenvalue weighted by Crippen LogP contribution is -2.63. The van der Waals surface area contributed by atoms with Gasteiger partial charge in [-0.25, -0.2) is 0 Å².